The van der Waals surface area contributed by atoms with Crippen molar-refractivity contribution in [2.45, 2.75) is 12.3 Å². The molecule has 1 atom stereocenters. The Morgan fingerprint density at radius 3 is 2.63 bits per heavy atom. The lowest BCUT2D eigenvalue weighted by molar-refractivity contribution is -0.137. The summed E-state index contributed by atoms with van der Waals surface area (Å²) in [5.41, 5.74) is 0.504. The number of aromatic nitrogens is 3. The van der Waals surface area contributed by atoms with Crippen LogP contribution in [0, 0.1) is 0 Å². The number of morpholine rings is 1. The second-order valence-electron chi connectivity index (χ2n) is 6.69. The third-order valence-electron chi connectivity index (χ3n) is 4.73. The number of amides is 1. The van der Waals surface area contributed by atoms with E-state index >= 15 is 0 Å². The largest absolute Gasteiger partial charge is 0.416 e. The Hall–Kier alpha value is -3.33. The standard InChI is InChI=1S/C21H17F3N4O2/c22-21(23,24)15-5-3-4-14(12-15)18-19(27-9-8-26-18)17-13-28(10-11-30-17)20(29)16-6-1-2-7-25-16/h1-9,12,17H,10-11,13H2/t17-/m0/s1. The van der Waals surface area contributed by atoms with E-state index in [1.165, 1.54) is 18.5 Å². The molecule has 0 saturated carbocycles. The Morgan fingerprint density at radius 2 is 1.87 bits per heavy atom. The van der Waals surface area contributed by atoms with E-state index in [1.807, 2.05) is 0 Å². The van der Waals surface area contributed by atoms with Crippen LogP contribution in [-0.4, -0.2) is 45.5 Å². The van der Waals surface area contributed by atoms with Gasteiger partial charge in [-0.3, -0.25) is 19.7 Å². The van der Waals surface area contributed by atoms with Crippen LogP contribution in [-0.2, 0) is 10.9 Å². The molecule has 4 rings (SSSR count). The highest BCUT2D eigenvalue weighted by Crippen LogP contribution is 2.34. The normalized spacial score (nSPS) is 17.0. The molecule has 1 aliphatic rings. The second-order valence-corrected chi connectivity index (χ2v) is 6.69. The summed E-state index contributed by atoms with van der Waals surface area (Å²) in [6, 6.07) is 9.99. The summed E-state index contributed by atoms with van der Waals surface area (Å²) in [6.45, 7) is 0.840. The summed E-state index contributed by atoms with van der Waals surface area (Å²) in [4.78, 5) is 27.0. The maximum absolute atomic E-state index is 13.1. The van der Waals surface area contributed by atoms with E-state index in [4.69, 9.17) is 4.74 Å². The van der Waals surface area contributed by atoms with E-state index < -0.39 is 17.8 Å². The molecule has 3 heterocycles. The number of carbonyl (C=O) groups is 1. The quantitative estimate of drug-likeness (QED) is 0.653. The molecule has 0 aliphatic carbocycles. The highest BCUT2D eigenvalue weighted by Gasteiger charge is 2.32. The number of benzene rings is 1. The molecule has 1 amide bonds. The van der Waals surface area contributed by atoms with Crippen molar-refractivity contribution in [1.29, 1.82) is 0 Å². The molecule has 1 saturated heterocycles. The van der Waals surface area contributed by atoms with Gasteiger partial charge in [0.1, 0.15) is 11.8 Å². The molecule has 0 radical (unpaired) electrons. The zero-order valence-corrected chi connectivity index (χ0v) is 15.7. The van der Waals surface area contributed by atoms with Crippen LogP contribution in [0.2, 0.25) is 0 Å². The van der Waals surface area contributed by atoms with Gasteiger partial charge in [-0.25, -0.2) is 0 Å². The zero-order valence-electron chi connectivity index (χ0n) is 15.7. The monoisotopic (exact) mass is 414 g/mol. The minimum atomic E-state index is -4.47. The number of nitrogens with zero attached hydrogens (tertiary/aromatic N) is 4. The summed E-state index contributed by atoms with van der Waals surface area (Å²) in [7, 11) is 0. The van der Waals surface area contributed by atoms with Crippen molar-refractivity contribution in [2.24, 2.45) is 0 Å². The third-order valence-corrected chi connectivity index (χ3v) is 4.73. The number of halogens is 3. The van der Waals surface area contributed by atoms with E-state index in [9.17, 15) is 18.0 Å². The van der Waals surface area contributed by atoms with Crippen molar-refractivity contribution < 1.29 is 22.7 Å². The summed E-state index contributed by atoms with van der Waals surface area (Å²) < 4.78 is 45.2. The Kier molecular flexibility index (Phi) is 5.45. The third kappa shape index (κ3) is 4.16. The van der Waals surface area contributed by atoms with Gasteiger partial charge in [0.15, 0.2) is 0 Å². The highest BCUT2D eigenvalue weighted by molar-refractivity contribution is 5.92. The number of carbonyl (C=O) groups excluding carboxylic acids is 1. The number of ether oxygens (including phenoxy) is 1. The average Bonchev–Trinajstić information content (AvgIpc) is 2.79. The van der Waals surface area contributed by atoms with Gasteiger partial charge in [-0.15, -0.1) is 0 Å². The molecule has 0 bridgehead atoms. The Bertz CT molecular complexity index is 1040. The molecule has 30 heavy (non-hydrogen) atoms. The predicted octanol–water partition coefficient (Wildman–Crippen LogP) is 3.77. The molecule has 154 valence electrons. The van der Waals surface area contributed by atoms with Crippen molar-refractivity contribution in [3.63, 3.8) is 0 Å². The first-order valence-electron chi connectivity index (χ1n) is 9.24. The zero-order chi connectivity index (χ0) is 21.1. The van der Waals surface area contributed by atoms with Gasteiger partial charge in [-0.2, -0.15) is 13.2 Å². The van der Waals surface area contributed by atoms with Crippen molar-refractivity contribution >= 4 is 5.91 Å². The van der Waals surface area contributed by atoms with Gasteiger partial charge < -0.3 is 9.64 Å². The smallest absolute Gasteiger partial charge is 0.368 e. The number of rotatable bonds is 3. The van der Waals surface area contributed by atoms with Crippen molar-refractivity contribution in [3.8, 4) is 11.3 Å². The van der Waals surface area contributed by atoms with Crippen molar-refractivity contribution in [2.75, 3.05) is 19.7 Å². The predicted molar refractivity (Wildman–Crippen MR) is 101 cm³/mol. The van der Waals surface area contributed by atoms with E-state index in [0.717, 1.165) is 12.1 Å². The molecule has 1 fully saturated rings. The van der Waals surface area contributed by atoms with Crippen molar-refractivity contribution in [1.82, 2.24) is 19.9 Å². The molecular formula is C21H17F3N4O2. The fraction of sp³-hybridized carbons (Fsp3) is 0.238. The summed E-state index contributed by atoms with van der Waals surface area (Å²) in [5.74, 6) is -0.242. The topological polar surface area (TPSA) is 68.2 Å². The van der Waals surface area contributed by atoms with Gasteiger partial charge in [0, 0.05) is 30.7 Å². The fourth-order valence-corrected chi connectivity index (χ4v) is 3.30. The van der Waals surface area contributed by atoms with Crippen molar-refractivity contribution in [3.05, 3.63) is 78.0 Å². The van der Waals surface area contributed by atoms with Gasteiger partial charge >= 0.3 is 6.18 Å². The molecule has 0 N–H and O–H groups in total. The summed E-state index contributed by atoms with van der Waals surface area (Å²) in [5, 5.41) is 0. The summed E-state index contributed by atoms with van der Waals surface area (Å²) >= 11 is 0. The Balaban J connectivity index is 1.63. The molecule has 1 aromatic carbocycles. The SMILES string of the molecule is O=C(c1ccccn1)N1CCO[C@H](c2nccnc2-c2cccc(C(F)(F)F)c2)C1. The van der Waals surface area contributed by atoms with Gasteiger partial charge in [0.2, 0.25) is 0 Å². The number of hydrogen-bond donors (Lipinski definition) is 0. The lowest BCUT2D eigenvalue weighted by atomic mass is 10.0. The first kappa shape index (κ1) is 20.0. The first-order chi connectivity index (χ1) is 14.4. The van der Waals surface area contributed by atoms with Gasteiger partial charge in [-0.05, 0) is 24.3 Å². The number of hydrogen-bond acceptors (Lipinski definition) is 5. The molecule has 0 spiro atoms. The van der Waals surface area contributed by atoms with Crippen LogP contribution >= 0.6 is 0 Å². The van der Waals surface area contributed by atoms with Crippen LogP contribution < -0.4 is 0 Å². The first-order valence-corrected chi connectivity index (χ1v) is 9.24. The molecule has 3 aromatic rings. The lowest BCUT2D eigenvalue weighted by Crippen LogP contribution is -2.42. The molecule has 2 aromatic heterocycles. The van der Waals surface area contributed by atoms with Gasteiger partial charge in [0.25, 0.3) is 5.91 Å². The molecule has 6 nitrogen and oxygen atoms in total. The number of alkyl halides is 3. The highest BCUT2D eigenvalue weighted by atomic mass is 19.4. The molecule has 0 unspecified atom stereocenters. The van der Waals surface area contributed by atoms with Gasteiger partial charge in [-0.1, -0.05) is 18.2 Å². The Morgan fingerprint density at radius 1 is 1.03 bits per heavy atom. The minimum Gasteiger partial charge on any atom is -0.368 e. The fourth-order valence-electron chi connectivity index (χ4n) is 3.30. The van der Waals surface area contributed by atoms with Gasteiger partial charge in [0.05, 0.1) is 30.1 Å². The van der Waals surface area contributed by atoms with E-state index in [2.05, 4.69) is 15.0 Å². The molecule has 1 aliphatic heterocycles. The lowest BCUT2D eigenvalue weighted by Gasteiger charge is -2.33. The maximum Gasteiger partial charge on any atom is 0.416 e. The Labute approximate surface area is 170 Å². The molecule has 9 heteroatoms. The van der Waals surface area contributed by atoms with E-state index in [0.29, 0.717) is 23.6 Å². The summed E-state index contributed by atoms with van der Waals surface area (Å²) in [6.07, 6.45) is -0.677. The van der Waals surface area contributed by atoms with Crippen LogP contribution in [0.3, 0.4) is 0 Å². The second kappa shape index (κ2) is 8.19. The molecular weight excluding hydrogens is 397 g/mol. The van der Waals surface area contributed by atoms with Crippen LogP contribution in [0.25, 0.3) is 11.3 Å². The van der Waals surface area contributed by atoms with Crippen LogP contribution in [0.5, 0.6) is 0 Å². The maximum atomic E-state index is 13.1. The van der Waals surface area contributed by atoms with E-state index in [-0.39, 0.29) is 24.6 Å². The number of pyridine rings is 1. The van der Waals surface area contributed by atoms with Crippen LogP contribution in [0.1, 0.15) is 27.8 Å². The van der Waals surface area contributed by atoms with Crippen LogP contribution in [0.15, 0.2) is 61.1 Å². The van der Waals surface area contributed by atoms with E-state index in [1.54, 1.807) is 35.4 Å². The van der Waals surface area contributed by atoms with Crippen LogP contribution in [0.4, 0.5) is 13.2 Å². The average molecular weight is 414 g/mol. The minimum absolute atomic E-state index is 0.195.